The molecule has 1 aromatic carbocycles. The molecule has 0 amide bonds. The van der Waals surface area contributed by atoms with Gasteiger partial charge in [-0.1, -0.05) is 0 Å². The Hall–Kier alpha value is -1.88. The number of halogens is 2. The Morgan fingerprint density at radius 3 is 2.90 bits per heavy atom. The van der Waals surface area contributed by atoms with Crippen LogP contribution in [0.2, 0.25) is 0 Å². The molecule has 3 rings (SSSR count). The van der Waals surface area contributed by atoms with Crippen molar-refractivity contribution in [1.29, 1.82) is 0 Å². The lowest BCUT2D eigenvalue weighted by atomic mass is 9.87. The molecule has 0 saturated carbocycles. The number of hydrogen-bond donors (Lipinski definition) is 1. The Labute approximate surface area is 122 Å². The lowest BCUT2D eigenvalue weighted by Gasteiger charge is -2.23. The third kappa shape index (κ3) is 2.93. The average Bonchev–Trinajstić information content (AvgIpc) is 2.50. The number of aromatic nitrogens is 2. The number of rotatable bonds is 3. The summed E-state index contributed by atoms with van der Waals surface area (Å²) in [5.41, 5.74) is 2.69. The number of benzene rings is 1. The van der Waals surface area contributed by atoms with Crippen LogP contribution >= 0.6 is 0 Å². The third-order valence-corrected chi connectivity index (χ3v) is 3.92. The molecule has 1 N–H and O–H groups in total. The Morgan fingerprint density at radius 1 is 1.29 bits per heavy atom. The summed E-state index contributed by atoms with van der Waals surface area (Å²) in [6.07, 6.45) is 4.78. The van der Waals surface area contributed by atoms with E-state index in [9.17, 15) is 8.78 Å². The summed E-state index contributed by atoms with van der Waals surface area (Å²) in [7, 11) is 1.96. The molecule has 0 fully saturated rings. The molecule has 5 heteroatoms. The highest BCUT2D eigenvalue weighted by Crippen LogP contribution is 2.26. The predicted octanol–water partition coefficient (Wildman–Crippen LogP) is 2.75. The van der Waals surface area contributed by atoms with Crippen LogP contribution in [-0.4, -0.2) is 23.6 Å². The van der Waals surface area contributed by atoms with Gasteiger partial charge >= 0.3 is 0 Å². The molecule has 21 heavy (non-hydrogen) atoms. The van der Waals surface area contributed by atoms with Crippen molar-refractivity contribution in [3.8, 4) is 11.4 Å². The second-order valence-corrected chi connectivity index (χ2v) is 5.46. The second-order valence-electron chi connectivity index (χ2n) is 5.46. The summed E-state index contributed by atoms with van der Waals surface area (Å²) in [5.74, 6) is -0.658. The molecular formula is C16H17F2N3. The van der Waals surface area contributed by atoms with Gasteiger partial charge in [-0.05, 0) is 62.5 Å². The Kier molecular flexibility index (Phi) is 3.92. The highest BCUT2D eigenvalue weighted by Gasteiger charge is 2.20. The Bertz CT molecular complexity index is 658. The van der Waals surface area contributed by atoms with Crippen LogP contribution in [0, 0.1) is 17.6 Å². The smallest absolute Gasteiger partial charge is 0.159 e. The van der Waals surface area contributed by atoms with Crippen LogP contribution in [-0.2, 0) is 12.8 Å². The van der Waals surface area contributed by atoms with Crippen molar-refractivity contribution in [2.24, 2.45) is 5.92 Å². The Balaban J connectivity index is 1.88. The van der Waals surface area contributed by atoms with E-state index in [1.165, 1.54) is 6.07 Å². The zero-order valence-electron chi connectivity index (χ0n) is 11.9. The van der Waals surface area contributed by atoms with Crippen LogP contribution in [0.25, 0.3) is 11.4 Å². The van der Waals surface area contributed by atoms with Crippen molar-refractivity contribution in [3.05, 3.63) is 47.3 Å². The molecule has 1 unspecified atom stereocenters. The van der Waals surface area contributed by atoms with E-state index in [2.05, 4.69) is 15.3 Å². The van der Waals surface area contributed by atoms with E-state index in [1.807, 2.05) is 13.2 Å². The lowest BCUT2D eigenvalue weighted by molar-refractivity contribution is 0.434. The zero-order chi connectivity index (χ0) is 14.8. The third-order valence-electron chi connectivity index (χ3n) is 3.92. The fraction of sp³-hybridized carbons (Fsp3) is 0.375. The van der Waals surface area contributed by atoms with Gasteiger partial charge in [-0.15, -0.1) is 0 Å². The van der Waals surface area contributed by atoms with E-state index in [0.29, 0.717) is 17.3 Å². The maximum absolute atomic E-state index is 13.3. The van der Waals surface area contributed by atoms with E-state index in [0.717, 1.165) is 49.2 Å². The molecule has 1 aromatic heterocycles. The van der Waals surface area contributed by atoms with Gasteiger partial charge in [0, 0.05) is 17.5 Å². The number of nitrogens with one attached hydrogen (secondary N) is 1. The first-order valence-corrected chi connectivity index (χ1v) is 7.12. The molecule has 2 aromatic rings. The summed E-state index contributed by atoms with van der Waals surface area (Å²) in [4.78, 5) is 8.84. The number of hydrogen-bond acceptors (Lipinski definition) is 3. The minimum absolute atomic E-state index is 0.458. The maximum atomic E-state index is 13.3. The number of nitrogens with zero attached hydrogens (tertiary/aromatic N) is 2. The molecular weight excluding hydrogens is 272 g/mol. The molecule has 0 saturated heterocycles. The largest absolute Gasteiger partial charge is 0.319 e. The molecule has 110 valence electrons. The highest BCUT2D eigenvalue weighted by molar-refractivity contribution is 5.55. The van der Waals surface area contributed by atoms with Crippen molar-refractivity contribution in [2.45, 2.75) is 19.3 Å². The van der Waals surface area contributed by atoms with Gasteiger partial charge in [0.25, 0.3) is 0 Å². The number of aryl methyl sites for hydroxylation is 1. The maximum Gasteiger partial charge on any atom is 0.159 e. The molecule has 1 heterocycles. The first kappa shape index (κ1) is 14.1. The average molecular weight is 289 g/mol. The van der Waals surface area contributed by atoms with Gasteiger partial charge in [-0.2, -0.15) is 0 Å². The van der Waals surface area contributed by atoms with Crippen LogP contribution in [0.15, 0.2) is 24.4 Å². The molecule has 1 aliphatic rings. The van der Waals surface area contributed by atoms with Gasteiger partial charge in [0.1, 0.15) is 0 Å². The van der Waals surface area contributed by atoms with Gasteiger partial charge in [0.05, 0.1) is 0 Å². The SMILES string of the molecule is CNCC1CCc2nc(-c3ccc(F)c(F)c3)ncc2C1. The quantitative estimate of drug-likeness (QED) is 0.944. The van der Waals surface area contributed by atoms with Crippen molar-refractivity contribution >= 4 is 0 Å². The monoisotopic (exact) mass is 289 g/mol. The lowest BCUT2D eigenvalue weighted by Crippen LogP contribution is -2.25. The van der Waals surface area contributed by atoms with Crippen LogP contribution in [0.4, 0.5) is 8.78 Å². The Morgan fingerprint density at radius 2 is 2.14 bits per heavy atom. The summed E-state index contributed by atoms with van der Waals surface area (Å²) < 4.78 is 26.3. The minimum Gasteiger partial charge on any atom is -0.319 e. The number of fused-ring (bicyclic) bond motifs is 1. The first-order valence-electron chi connectivity index (χ1n) is 7.12. The van der Waals surface area contributed by atoms with Crippen LogP contribution < -0.4 is 5.32 Å². The summed E-state index contributed by atoms with van der Waals surface area (Å²) >= 11 is 0. The van der Waals surface area contributed by atoms with Gasteiger partial charge in [-0.3, -0.25) is 0 Å². The van der Waals surface area contributed by atoms with Crippen LogP contribution in [0.1, 0.15) is 17.7 Å². The fourth-order valence-corrected chi connectivity index (χ4v) is 2.82. The predicted molar refractivity (Wildman–Crippen MR) is 76.8 cm³/mol. The van der Waals surface area contributed by atoms with E-state index in [4.69, 9.17) is 0 Å². The normalized spacial score (nSPS) is 17.6. The molecule has 3 nitrogen and oxygen atoms in total. The van der Waals surface area contributed by atoms with Gasteiger partial charge in [0.15, 0.2) is 17.5 Å². The molecule has 1 aliphatic carbocycles. The molecule has 0 spiro atoms. The second kappa shape index (κ2) is 5.85. The van der Waals surface area contributed by atoms with E-state index < -0.39 is 11.6 Å². The zero-order valence-corrected chi connectivity index (χ0v) is 11.9. The van der Waals surface area contributed by atoms with Crippen molar-refractivity contribution < 1.29 is 8.78 Å². The highest BCUT2D eigenvalue weighted by atomic mass is 19.2. The standard InChI is InChI=1S/C16H17F2N3/c1-19-8-10-2-5-15-12(6-10)9-20-16(21-15)11-3-4-13(17)14(18)7-11/h3-4,7,9-10,19H,2,5-6,8H2,1H3. The summed E-state index contributed by atoms with van der Waals surface area (Å²) in [6.45, 7) is 0.990. The summed E-state index contributed by atoms with van der Waals surface area (Å²) in [6, 6.07) is 3.76. The van der Waals surface area contributed by atoms with Crippen molar-refractivity contribution in [3.63, 3.8) is 0 Å². The molecule has 0 radical (unpaired) electrons. The van der Waals surface area contributed by atoms with E-state index in [1.54, 1.807) is 0 Å². The minimum atomic E-state index is -0.872. The van der Waals surface area contributed by atoms with E-state index in [-0.39, 0.29) is 0 Å². The van der Waals surface area contributed by atoms with Crippen molar-refractivity contribution in [2.75, 3.05) is 13.6 Å². The van der Waals surface area contributed by atoms with Gasteiger partial charge < -0.3 is 5.32 Å². The molecule has 0 aliphatic heterocycles. The van der Waals surface area contributed by atoms with Crippen LogP contribution in [0.3, 0.4) is 0 Å². The van der Waals surface area contributed by atoms with Crippen molar-refractivity contribution in [1.82, 2.24) is 15.3 Å². The molecule has 1 atom stereocenters. The molecule has 0 bridgehead atoms. The first-order chi connectivity index (χ1) is 10.2. The van der Waals surface area contributed by atoms with Gasteiger partial charge in [0.2, 0.25) is 0 Å². The van der Waals surface area contributed by atoms with E-state index >= 15 is 0 Å². The summed E-state index contributed by atoms with van der Waals surface area (Å²) in [5, 5.41) is 3.20. The topological polar surface area (TPSA) is 37.8 Å². The van der Waals surface area contributed by atoms with Gasteiger partial charge in [-0.25, -0.2) is 18.7 Å². The van der Waals surface area contributed by atoms with Crippen LogP contribution in [0.5, 0.6) is 0 Å². The fourth-order valence-electron chi connectivity index (χ4n) is 2.82.